The molecule has 2 rings (SSSR count). The van der Waals surface area contributed by atoms with Crippen molar-refractivity contribution in [2.45, 2.75) is 57.8 Å². The lowest BCUT2D eigenvalue weighted by Gasteiger charge is -2.24. The number of β-amino-alcohol motifs (C(OH)–C–C–N with tert-alkyl or cyclic N) is 1. The molecule has 1 amide bonds. The molecule has 0 bridgehead atoms. The summed E-state index contributed by atoms with van der Waals surface area (Å²) in [6.07, 6.45) is 1.78. The maximum absolute atomic E-state index is 11.4. The maximum atomic E-state index is 11.4. The number of carbonyl (C=O) groups is 1. The lowest BCUT2D eigenvalue weighted by molar-refractivity contribution is 0.0270. The molecule has 0 spiro atoms. The van der Waals surface area contributed by atoms with Crippen molar-refractivity contribution in [1.29, 1.82) is 0 Å². The Morgan fingerprint density at radius 1 is 1.15 bits per heavy atom. The molecule has 6 nitrogen and oxygen atoms in total. The van der Waals surface area contributed by atoms with E-state index in [9.17, 15) is 9.90 Å². The molecule has 1 unspecified atom stereocenters. The molecule has 20 heavy (non-hydrogen) atoms. The first-order valence-electron chi connectivity index (χ1n) is 7.32. The first-order valence-corrected chi connectivity index (χ1v) is 7.32. The van der Waals surface area contributed by atoms with E-state index in [0.717, 1.165) is 25.9 Å². The van der Waals surface area contributed by atoms with Gasteiger partial charge in [0.05, 0.1) is 12.2 Å². The van der Waals surface area contributed by atoms with Gasteiger partial charge in [0.25, 0.3) is 0 Å². The number of ether oxygens (including phenoxy) is 1. The zero-order valence-electron chi connectivity index (χ0n) is 12.8. The summed E-state index contributed by atoms with van der Waals surface area (Å²) in [5.41, 5.74) is -0.454. The summed E-state index contributed by atoms with van der Waals surface area (Å²) in [5, 5.41) is 21.2. The van der Waals surface area contributed by atoms with Crippen LogP contribution in [-0.2, 0) is 4.74 Å². The van der Waals surface area contributed by atoms with Gasteiger partial charge in [0.2, 0.25) is 0 Å². The van der Waals surface area contributed by atoms with E-state index in [2.05, 4.69) is 5.32 Å². The number of amides is 1. The second-order valence-corrected chi connectivity index (χ2v) is 6.35. The van der Waals surface area contributed by atoms with E-state index in [4.69, 9.17) is 9.84 Å². The third-order valence-corrected chi connectivity index (χ3v) is 3.12. The fourth-order valence-corrected chi connectivity index (χ4v) is 2.04. The van der Waals surface area contributed by atoms with Crippen LogP contribution in [0.4, 0.5) is 4.79 Å². The molecule has 118 valence electrons. The van der Waals surface area contributed by atoms with Gasteiger partial charge in [0.1, 0.15) is 5.60 Å². The highest BCUT2D eigenvalue weighted by Gasteiger charge is 2.28. The van der Waals surface area contributed by atoms with Gasteiger partial charge in [-0.25, -0.2) is 4.79 Å². The van der Waals surface area contributed by atoms with Crippen LogP contribution in [0.1, 0.15) is 40.0 Å². The van der Waals surface area contributed by atoms with Crippen molar-refractivity contribution in [3.63, 3.8) is 0 Å². The molecule has 0 radical (unpaired) electrons. The van der Waals surface area contributed by atoms with Gasteiger partial charge in [-0.2, -0.15) is 0 Å². The average molecular weight is 288 g/mol. The van der Waals surface area contributed by atoms with E-state index in [1.54, 1.807) is 0 Å². The summed E-state index contributed by atoms with van der Waals surface area (Å²) in [6, 6.07) is 0. The summed E-state index contributed by atoms with van der Waals surface area (Å²) < 4.78 is 5.15. The molecule has 0 aromatic heterocycles. The highest BCUT2D eigenvalue weighted by molar-refractivity contribution is 5.68. The Kier molecular flexibility index (Phi) is 6.71. The fourth-order valence-electron chi connectivity index (χ4n) is 2.04. The van der Waals surface area contributed by atoms with E-state index in [0.29, 0.717) is 19.5 Å². The van der Waals surface area contributed by atoms with Crippen LogP contribution in [-0.4, -0.2) is 65.2 Å². The summed E-state index contributed by atoms with van der Waals surface area (Å²) in [6.45, 7) is 8.46. The Balaban J connectivity index is 0.000000240. The Morgan fingerprint density at radius 2 is 1.75 bits per heavy atom. The van der Waals surface area contributed by atoms with Crippen LogP contribution in [0.5, 0.6) is 0 Å². The maximum Gasteiger partial charge on any atom is 0.410 e. The number of nitrogens with one attached hydrogen (secondary N) is 1. The van der Waals surface area contributed by atoms with E-state index < -0.39 is 5.60 Å². The van der Waals surface area contributed by atoms with Crippen molar-refractivity contribution in [2.75, 3.05) is 26.2 Å². The summed E-state index contributed by atoms with van der Waals surface area (Å²) >= 11 is 0. The third kappa shape index (κ3) is 7.07. The van der Waals surface area contributed by atoms with Crippen molar-refractivity contribution in [3.8, 4) is 0 Å². The minimum Gasteiger partial charge on any atom is -0.444 e. The molecule has 2 saturated heterocycles. The van der Waals surface area contributed by atoms with E-state index in [1.807, 2.05) is 20.8 Å². The number of rotatable bonds is 0. The number of piperidine rings is 1. The molecule has 1 atom stereocenters. The van der Waals surface area contributed by atoms with Crippen LogP contribution in [0.3, 0.4) is 0 Å². The lowest BCUT2D eigenvalue weighted by atomic mass is 10.1. The second-order valence-electron chi connectivity index (χ2n) is 6.35. The Bertz CT molecular complexity index is 298. The Hall–Kier alpha value is -0.850. The highest BCUT2D eigenvalue weighted by atomic mass is 16.6. The largest absolute Gasteiger partial charge is 0.444 e. The van der Waals surface area contributed by atoms with Gasteiger partial charge in [0, 0.05) is 13.1 Å². The lowest BCUT2D eigenvalue weighted by Crippen LogP contribution is -2.35. The molecule has 2 heterocycles. The zero-order valence-corrected chi connectivity index (χ0v) is 12.8. The van der Waals surface area contributed by atoms with Crippen molar-refractivity contribution in [1.82, 2.24) is 10.2 Å². The molecule has 2 aliphatic heterocycles. The monoisotopic (exact) mass is 288 g/mol. The minimum atomic E-state index is -0.454. The topological polar surface area (TPSA) is 82.0 Å². The predicted molar refractivity (Wildman–Crippen MR) is 76.5 cm³/mol. The summed E-state index contributed by atoms with van der Waals surface area (Å²) in [5.74, 6) is 0. The van der Waals surface area contributed by atoms with Gasteiger partial charge in [-0.05, 0) is 53.1 Å². The summed E-state index contributed by atoms with van der Waals surface area (Å²) in [7, 11) is 0. The van der Waals surface area contributed by atoms with Gasteiger partial charge in [-0.1, -0.05) is 0 Å². The molecular formula is C14H28N2O4. The quantitative estimate of drug-likeness (QED) is 0.612. The molecule has 0 aromatic carbocycles. The zero-order chi connectivity index (χ0) is 15.2. The van der Waals surface area contributed by atoms with E-state index in [-0.39, 0.29) is 18.3 Å². The SMILES string of the molecule is CC(C)(C)OC(=O)N1CCC(O)C1.OC1CCNCC1. The van der Waals surface area contributed by atoms with Gasteiger partial charge in [0.15, 0.2) is 0 Å². The number of aliphatic hydroxyl groups excluding tert-OH is 2. The number of nitrogens with zero attached hydrogens (tertiary/aromatic N) is 1. The number of aliphatic hydroxyl groups is 2. The average Bonchev–Trinajstić information content (AvgIpc) is 2.76. The molecule has 6 heteroatoms. The van der Waals surface area contributed by atoms with Gasteiger partial charge < -0.3 is 25.2 Å². The van der Waals surface area contributed by atoms with Gasteiger partial charge in [-0.3, -0.25) is 0 Å². The van der Waals surface area contributed by atoms with Gasteiger partial charge >= 0.3 is 6.09 Å². The highest BCUT2D eigenvalue weighted by Crippen LogP contribution is 2.14. The van der Waals surface area contributed by atoms with Crippen LogP contribution in [0.15, 0.2) is 0 Å². The smallest absolute Gasteiger partial charge is 0.410 e. The van der Waals surface area contributed by atoms with Crippen molar-refractivity contribution < 1.29 is 19.7 Å². The molecule has 2 aliphatic rings. The number of hydrogen-bond donors (Lipinski definition) is 3. The van der Waals surface area contributed by atoms with Crippen LogP contribution in [0.25, 0.3) is 0 Å². The summed E-state index contributed by atoms with van der Waals surface area (Å²) in [4.78, 5) is 12.9. The number of likely N-dealkylation sites (tertiary alicyclic amines) is 1. The van der Waals surface area contributed by atoms with Crippen LogP contribution in [0.2, 0.25) is 0 Å². The van der Waals surface area contributed by atoms with Gasteiger partial charge in [-0.15, -0.1) is 0 Å². The normalized spacial score (nSPS) is 24.1. The van der Waals surface area contributed by atoms with Crippen LogP contribution in [0, 0.1) is 0 Å². The standard InChI is InChI=1S/C9H17NO3.C5H11NO/c1-9(2,3)13-8(12)10-5-4-7(11)6-10;7-5-1-3-6-4-2-5/h7,11H,4-6H2,1-3H3;5-7H,1-4H2. The molecule has 0 saturated carbocycles. The third-order valence-electron chi connectivity index (χ3n) is 3.12. The van der Waals surface area contributed by atoms with Crippen molar-refractivity contribution >= 4 is 6.09 Å². The van der Waals surface area contributed by atoms with E-state index in [1.165, 1.54) is 4.90 Å². The van der Waals surface area contributed by atoms with Crippen molar-refractivity contribution in [2.24, 2.45) is 0 Å². The Labute approximate surface area is 121 Å². The number of carbonyl (C=O) groups excluding carboxylic acids is 1. The van der Waals surface area contributed by atoms with Crippen molar-refractivity contribution in [3.05, 3.63) is 0 Å². The Morgan fingerprint density at radius 3 is 2.10 bits per heavy atom. The van der Waals surface area contributed by atoms with Crippen LogP contribution < -0.4 is 5.32 Å². The second kappa shape index (κ2) is 7.81. The molecule has 0 aliphatic carbocycles. The molecular weight excluding hydrogens is 260 g/mol. The first-order chi connectivity index (χ1) is 9.28. The van der Waals surface area contributed by atoms with E-state index >= 15 is 0 Å². The minimum absolute atomic E-state index is 0.0266. The predicted octanol–water partition coefficient (Wildman–Crippen LogP) is 0.719. The fraction of sp³-hybridized carbons (Fsp3) is 0.929. The van der Waals surface area contributed by atoms with Crippen LogP contribution >= 0.6 is 0 Å². The molecule has 0 aromatic rings. The molecule has 3 N–H and O–H groups in total. The first kappa shape index (κ1) is 17.2. The molecule has 2 fully saturated rings. The number of hydrogen-bond acceptors (Lipinski definition) is 5.